The maximum Gasteiger partial charge on any atom is 0.264 e. The van der Waals surface area contributed by atoms with Crippen LogP contribution in [0.5, 0.6) is 23.0 Å². The van der Waals surface area contributed by atoms with Crippen LogP contribution in [0.1, 0.15) is 0 Å². The quantitative estimate of drug-likeness (QED) is 0.217. The van der Waals surface area contributed by atoms with Crippen molar-refractivity contribution in [3.63, 3.8) is 0 Å². The lowest BCUT2D eigenvalue weighted by atomic mass is 10.3. The molecular weight excluding hydrogens is 610 g/mol. The van der Waals surface area contributed by atoms with Crippen LogP contribution in [0.2, 0.25) is 0 Å². The van der Waals surface area contributed by atoms with E-state index >= 15 is 0 Å². The second-order valence-corrected chi connectivity index (χ2v) is 12.7. The number of carbonyl (C=O) groups excluding carboxylic acids is 1. The van der Waals surface area contributed by atoms with Crippen molar-refractivity contribution in [2.24, 2.45) is 0 Å². The van der Waals surface area contributed by atoms with Gasteiger partial charge in [-0.25, -0.2) is 16.8 Å². The maximum atomic E-state index is 13.7. The van der Waals surface area contributed by atoms with Crippen LogP contribution < -0.4 is 33.3 Å². The lowest BCUT2D eigenvalue weighted by Gasteiger charge is -2.24. The zero-order chi connectivity index (χ0) is 31.9. The van der Waals surface area contributed by atoms with Gasteiger partial charge in [0, 0.05) is 17.8 Å². The van der Waals surface area contributed by atoms with Crippen molar-refractivity contribution in [2.75, 3.05) is 49.3 Å². The largest absolute Gasteiger partial charge is 0.497 e. The van der Waals surface area contributed by atoms with Crippen molar-refractivity contribution in [3.8, 4) is 23.0 Å². The number of para-hydroxylation sites is 1. The van der Waals surface area contributed by atoms with Gasteiger partial charge in [-0.05, 0) is 60.7 Å². The fraction of sp³-hybridized carbons (Fsp3) is 0.167. The first kappa shape index (κ1) is 32.0. The molecule has 0 aromatic heterocycles. The maximum absolute atomic E-state index is 13.7. The minimum Gasteiger partial charge on any atom is -0.497 e. The van der Waals surface area contributed by atoms with Crippen LogP contribution >= 0.6 is 0 Å². The summed E-state index contributed by atoms with van der Waals surface area (Å²) in [5.41, 5.74) is 0.697. The minimum atomic E-state index is -4.24. The standard InChI is InChI=1S/C30H31N3O9S2/c1-39-23-12-16-27(40-2)26(18-23)32-43(35,36)24-13-10-21(11-14-24)31-30(34)20-33(22-8-6-5-7-9-22)44(37,38)25-15-17-28(41-3)29(19-25)42-4/h5-19,32H,20H2,1-4H3,(H,31,34). The summed E-state index contributed by atoms with van der Waals surface area (Å²) in [7, 11) is -2.58. The lowest BCUT2D eigenvalue weighted by Crippen LogP contribution is -2.38. The molecule has 2 N–H and O–H groups in total. The number of sulfonamides is 2. The van der Waals surface area contributed by atoms with Crippen LogP contribution in [0.25, 0.3) is 0 Å². The van der Waals surface area contributed by atoms with Crippen LogP contribution in [0, 0.1) is 0 Å². The average Bonchev–Trinajstić information content (AvgIpc) is 3.03. The Morgan fingerprint density at radius 1 is 0.682 bits per heavy atom. The highest BCUT2D eigenvalue weighted by atomic mass is 32.2. The van der Waals surface area contributed by atoms with E-state index in [0.29, 0.717) is 17.2 Å². The predicted molar refractivity (Wildman–Crippen MR) is 166 cm³/mol. The SMILES string of the molecule is COc1ccc(OC)c(NS(=O)(=O)c2ccc(NC(=O)CN(c3ccccc3)S(=O)(=O)c3ccc(OC)c(OC)c3)cc2)c1. The Morgan fingerprint density at radius 3 is 1.91 bits per heavy atom. The average molecular weight is 642 g/mol. The Hall–Kier alpha value is -4.95. The van der Waals surface area contributed by atoms with Crippen molar-refractivity contribution in [3.05, 3.63) is 91.0 Å². The molecule has 0 fully saturated rings. The topological polar surface area (TPSA) is 150 Å². The second-order valence-electron chi connectivity index (χ2n) is 9.11. The lowest BCUT2D eigenvalue weighted by molar-refractivity contribution is -0.114. The van der Waals surface area contributed by atoms with Gasteiger partial charge in [0.15, 0.2) is 11.5 Å². The zero-order valence-electron chi connectivity index (χ0n) is 24.3. The first-order valence-corrected chi connectivity index (χ1v) is 15.9. The van der Waals surface area contributed by atoms with Gasteiger partial charge >= 0.3 is 0 Å². The molecule has 0 heterocycles. The summed E-state index contributed by atoms with van der Waals surface area (Å²) in [6, 6.07) is 22.4. The molecule has 0 unspecified atom stereocenters. The van der Waals surface area contributed by atoms with Crippen LogP contribution in [0.4, 0.5) is 17.1 Å². The summed E-state index contributed by atoms with van der Waals surface area (Å²) in [6.45, 7) is -0.571. The van der Waals surface area contributed by atoms with E-state index in [1.807, 2.05) is 0 Å². The number of rotatable bonds is 13. The van der Waals surface area contributed by atoms with E-state index in [-0.39, 0.29) is 32.6 Å². The molecule has 0 saturated carbocycles. The van der Waals surface area contributed by atoms with E-state index in [2.05, 4.69) is 10.0 Å². The van der Waals surface area contributed by atoms with E-state index in [9.17, 15) is 21.6 Å². The third kappa shape index (κ3) is 7.15. The van der Waals surface area contributed by atoms with Gasteiger partial charge in [-0.1, -0.05) is 18.2 Å². The highest BCUT2D eigenvalue weighted by Gasteiger charge is 2.28. The first-order chi connectivity index (χ1) is 21.0. The summed E-state index contributed by atoms with van der Waals surface area (Å²) in [5.74, 6) is 0.621. The van der Waals surface area contributed by atoms with Crippen molar-refractivity contribution in [1.82, 2.24) is 0 Å². The molecule has 44 heavy (non-hydrogen) atoms. The van der Waals surface area contributed by atoms with Gasteiger partial charge in [-0.15, -0.1) is 0 Å². The van der Waals surface area contributed by atoms with E-state index < -0.39 is 32.5 Å². The summed E-state index contributed by atoms with van der Waals surface area (Å²) < 4.78 is 77.9. The number of methoxy groups -OCH3 is 4. The number of carbonyl (C=O) groups is 1. The van der Waals surface area contributed by atoms with Crippen LogP contribution in [0.3, 0.4) is 0 Å². The molecule has 0 aliphatic heterocycles. The molecule has 12 nitrogen and oxygen atoms in total. The third-order valence-corrected chi connectivity index (χ3v) is 9.52. The Labute approximate surface area is 256 Å². The molecule has 0 spiro atoms. The first-order valence-electron chi connectivity index (χ1n) is 13.0. The summed E-state index contributed by atoms with van der Waals surface area (Å²) >= 11 is 0. The highest BCUT2D eigenvalue weighted by molar-refractivity contribution is 7.93. The third-order valence-electron chi connectivity index (χ3n) is 6.37. The minimum absolute atomic E-state index is 0.0812. The predicted octanol–water partition coefficient (Wildman–Crippen LogP) is 4.36. The molecule has 4 aromatic carbocycles. The van der Waals surface area contributed by atoms with Gasteiger partial charge in [0.05, 0.1) is 49.6 Å². The van der Waals surface area contributed by atoms with E-state index in [0.717, 1.165) is 4.31 Å². The van der Waals surface area contributed by atoms with Crippen molar-refractivity contribution >= 4 is 43.0 Å². The molecule has 0 aliphatic rings. The van der Waals surface area contributed by atoms with E-state index in [1.54, 1.807) is 42.5 Å². The van der Waals surface area contributed by atoms with Crippen molar-refractivity contribution < 1.29 is 40.6 Å². The molecule has 4 aromatic rings. The fourth-order valence-corrected chi connectivity index (χ4v) is 6.66. The molecule has 232 valence electrons. The molecule has 1 amide bonds. The molecule has 4 rings (SSSR count). The van der Waals surface area contributed by atoms with Gasteiger partial charge in [0.2, 0.25) is 5.91 Å². The normalized spacial score (nSPS) is 11.3. The summed E-state index contributed by atoms with van der Waals surface area (Å²) in [5, 5.41) is 2.63. The Morgan fingerprint density at radius 2 is 1.30 bits per heavy atom. The molecule has 0 radical (unpaired) electrons. The van der Waals surface area contributed by atoms with Crippen molar-refractivity contribution in [1.29, 1.82) is 0 Å². The van der Waals surface area contributed by atoms with Crippen molar-refractivity contribution in [2.45, 2.75) is 9.79 Å². The zero-order valence-corrected chi connectivity index (χ0v) is 25.9. The monoisotopic (exact) mass is 641 g/mol. The molecule has 0 atom stereocenters. The Bertz CT molecular complexity index is 1830. The summed E-state index contributed by atoms with van der Waals surface area (Å²) in [6.07, 6.45) is 0. The van der Waals surface area contributed by atoms with Crippen LogP contribution in [-0.2, 0) is 24.8 Å². The van der Waals surface area contributed by atoms with Gasteiger partial charge in [0.25, 0.3) is 20.0 Å². The summed E-state index contributed by atoms with van der Waals surface area (Å²) in [4.78, 5) is 12.9. The number of amides is 1. The van der Waals surface area contributed by atoms with Gasteiger partial charge in [-0.2, -0.15) is 0 Å². The number of ether oxygens (including phenoxy) is 4. The molecule has 0 aliphatic carbocycles. The molecule has 0 saturated heterocycles. The number of hydrogen-bond acceptors (Lipinski definition) is 9. The van der Waals surface area contributed by atoms with Crippen LogP contribution in [-0.4, -0.2) is 57.7 Å². The fourth-order valence-electron chi connectivity index (χ4n) is 4.16. The number of nitrogens with zero attached hydrogens (tertiary/aromatic N) is 1. The Kier molecular flexibility index (Phi) is 9.86. The number of anilines is 3. The van der Waals surface area contributed by atoms with E-state index in [4.69, 9.17) is 18.9 Å². The smallest absolute Gasteiger partial charge is 0.264 e. The number of benzene rings is 4. The van der Waals surface area contributed by atoms with Gasteiger partial charge in [0.1, 0.15) is 18.0 Å². The van der Waals surface area contributed by atoms with E-state index in [1.165, 1.54) is 77.0 Å². The second kappa shape index (κ2) is 13.6. The Balaban J connectivity index is 1.54. The van der Waals surface area contributed by atoms with Gasteiger partial charge < -0.3 is 24.3 Å². The molecular formula is C30H31N3O9S2. The molecule has 14 heteroatoms. The molecule has 0 bridgehead atoms. The van der Waals surface area contributed by atoms with Gasteiger partial charge in [-0.3, -0.25) is 13.8 Å². The number of hydrogen-bond donors (Lipinski definition) is 2. The number of nitrogens with one attached hydrogen (secondary N) is 2. The highest BCUT2D eigenvalue weighted by Crippen LogP contribution is 2.33. The van der Waals surface area contributed by atoms with Crippen LogP contribution in [0.15, 0.2) is 101 Å².